The zero-order chi connectivity index (χ0) is 38.9. The Hall–Kier alpha value is -1.62. The highest BCUT2D eigenvalue weighted by atomic mass is 16.6. The van der Waals surface area contributed by atoms with Crippen molar-refractivity contribution in [1.29, 1.82) is 0 Å². The van der Waals surface area contributed by atoms with Crippen LogP contribution in [0, 0.1) is 51.2 Å². The van der Waals surface area contributed by atoms with Crippen molar-refractivity contribution in [3.8, 4) is 0 Å². The number of rotatable bonds is 8. The first-order valence-electron chi connectivity index (χ1n) is 23.7. The molecule has 10 rings (SSSR count). The molecule has 6 saturated carbocycles. The molecule has 4 aliphatic heterocycles. The van der Waals surface area contributed by atoms with E-state index >= 15 is 0 Å². The lowest BCUT2D eigenvalue weighted by molar-refractivity contribution is -0.151. The topological polar surface area (TPSA) is 95.6 Å². The van der Waals surface area contributed by atoms with Gasteiger partial charge in [0, 0.05) is 65.2 Å². The van der Waals surface area contributed by atoms with Gasteiger partial charge in [-0.2, -0.15) is 0 Å². The van der Waals surface area contributed by atoms with Crippen LogP contribution in [0.15, 0.2) is 0 Å². The third kappa shape index (κ3) is 6.82. The second-order valence-electron chi connectivity index (χ2n) is 21.6. The van der Waals surface area contributed by atoms with Gasteiger partial charge in [0.2, 0.25) is 0 Å². The molecule has 318 valence electrons. The Morgan fingerprint density at radius 1 is 0.839 bits per heavy atom. The van der Waals surface area contributed by atoms with Crippen LogP contribution in [0.2, 0.25) is 0 Å². The highest BCUT2D eigenvalue weighted by molar-refractivity contribution is 5.68. The molecule has 10 aliphatic rings. The Kier molecular flexibility index (Phi) is 11.0. The molecule has 0 aromatic carbocycles. The van der Waals surface area contributed by atoms with Crippen molar-refractivity contribution < 1.29 is 25.2 Å². The molecule has 0 aromatic heterocycles. The highest BCUT2D eigenvalue weighted by Crippen LogP contribution is 2.87. The molecular weight excluding hydrogens is 703 g/mol. The molecule has 4 heterocycles. The van der Waals surface area contributed by atoms with Crippen LogP contribution in [0.1, 0.15) is 132 Å². The van der Waals surface area contributed by atoms with E-state index in [0.29, 0.717) is 34.6 Å². The van der Waals surface area contributed by atoms with Crippen molar-refractivity contribution in [3.05, 3.63) is 0 Å². The molecule has 2 N–H and O–H groups in total. The van der Waals surface area contributed by atoms with Gasteiger partial charge < -0.3 is 29.7 Å². The number of nitrogens with zero attached hydrogens (tertiary/aromatic N) is 3. The van der Waals surface area contributed by atoms with Crippen molar-refractivity contribution in [3.63, 3.8) is 0 Å². The number of hydrogen-bond donors (Lipinski definition) is 2. The van der Waals surface area contributed by atoms with Crippen molar-refractivity contribution in [2.24, 2.45) is 51.2 Å². The predicted octanol–water partition coefficient (Wildman–Crippen LogP) is 7.55. The fourth-order valence-corrected chi connectivity index (χ4v) is 14.8. The summed E-state index contributed by atoms with van der Waals surface area (Å²) in [5.74, 6) is 2.99. The first-order valence-corrected chi connectivity index (χ1v) is 23.7. The van der Waals surface area contributed by atoms with E-state index in [4.69, 9.17) is 14.2 Å². The van der Waals surface area contributed by atoms with Crippen LogP contribution in [-0.2, 0) is 14.2 Å². The van der Waals surface area contributed by atoms with Crippen molar-refractivity contribution >= 4 is 12.2 Å². The molecular formula is C46H79N5O5. The molecule has 6 aliphatic carbocycles. The van der Waals surface area contributed by atoms with Gasteiger partial charge in [-0.1, -0.05) is 41.0 Å². The zero-order valence-electron chi connectivity index (χ0n) is 35.8. The molecule has 10 nitrogen and oxygen atoms in total. The van der Waals surface area contributed by atoms with E-state index in [9.17, 15) is 9.59 Å². The maximum atomic E-state index is 13.2. The fourth-order valence-electron chi connectivity index (χ4n) is 14.8. The minimum atomic E-state index is -0.211. The van der Waals surface area contributed by atoms with Gasteiger partial charge >= 0.3 is 12.2 Å². The summed E-state index contributed by atoms with van der Waals surface area (Å²) in [6, 6.07) is 0.833. The van der Waals surface area contributed by atoms with E-state index < -0.39 is 0 Å². The third-order valence-electron chi connectivity index (χ3n) is 18.6. The van der Waals surface area contributed by atoms with Crippen LogP contribution in [0.25, 0.3) is 0 Å². The molecule has 11 atom stereocenters. The fraction of sp³-hybridized carbons (Fsp3) is 0.957. The van der Waals surface area contributed by atoms with Gasteiger partial charge in [-0.15, -0.1) is 0 Å². The Morgan fingerprint density at radius 3 is 2.21 bits per heavy atom. The normalized spacial score (nSPS) is 43.0. The quantitative estimate of drug-likeness (QED) is 0.261. The van der Waals surface area contributed by atoms with E-state index in [-0.39, 0.29) is 49.4 Å². The Labute approximate surface area is 340 Å². The van der Waals surface area contributed by atoms with Crippen LogP contribution >= 0.6 is 0 Å². The second-order valence-corrected chi connectivity index (χ2v) is 21.6. The minimum Gasteiger partial charge on any atom is -0.446 e. The lowest BCUT2D eigenvalue weighted by Gasteiger charge is -2.59. The van der Waals surface area contributed by atoms with Gasteiger partial charge in [0.1, 0.15) is 12.2 Å². The first-order chi connectivity index (χ1) is 26.9. The molecule has 10 fully saturated rings. The SMILES string of the molecule is C1CNC1.CC(C)C(OC(=O)N1CCC1)C1CCC2C(CC3C4CCC5C(C)(C)[C@@H](OC(=O)NCCN6CCN(C7CCC7)CC6)CCC56C[C@@]46CCC23C)O1.[HH]. The number of ether oxygens (including phenoxy) is 3. The number of fused-ring (bicyclic) bond motifs is 4. The third-order valence-corrected chi connectivity index (χ3v) is 18.6. The van der Waals surface area contributed by atoms with E-state index in [0.717, 1.165) is 69.9 Å². The van der Waals surface area contributed by atoms with Crippen LogP contribution in [-0.4, -0.2) is 123 Å². The predicted molar refractivity (Wildman–Crippen MR) is 220 cm³/mol. The summed E-state index contributed by atoms with van der Waals surface area (Å²) in [7, 11) is 0. The summed E-state index contributed by atoms with van der Waals surface area (Å²) in [6.45, 7) is 22.1. The highest BCUT2D eigenvalue weighted by Gasteiger charge is 2.81. The molecule has 9 unspecified atom stereocenters. The monoisotopic (exact) mass is 782 g/mol. The lowest BCUT2D eigenvalue weighted by atomic mass is 9.46. The van der Waals surface area contributed by atoms with Gasteiger partial charge in [0.05, 0.1) is 12.2 Å². The number of amides is 2. The standard InChI is InChI=1S/C43H70N4O5.C3H7N.H2/c1-28(2)37(52-39(49)47-19-7-20-47)33-12-10-31-34(50-33)26-32-30-11-13-35-40(3,4)36(14-15-43(35)27-42(30,43)17-16-41(31,32)5)51-38(48)44-18-21-45-22-24-46(25-23-45)29-8-6-9-29;1-2-4-3-1;/h28-37H,6-27H2,1-5H3,(H,44,48);4H,1-3H2;1H/t30?,31?,32?,33?,34?,35?,36-,37?,41?,42-,43?;;/m0../s1. The van der Waals surface area contributed by atoms with Gasteiger partial charge in [-0.05, 0) is 149 Å². The number of hydrogen-bond acceptors (Lipinski definition) is 8. The smallest absolute Gasteiger partial charge is 0.410 e. The van der Waals surface area contributed by atoms with Crippen molar-refractivity contribution in [1.82, 2.24) is 25.3 Å². The Morgan fingerprint density at radius 2 is 1.57 bits per heavy atom. The van der Waals surface area contributed by atoms with Crippen LogP contribution in [0.3, 0.4) is 0 Å². The van der Waals surface area contributed by atoms with Crippen molar-refractivity contribution in [2.75, 3.05) is 65.4 Å². The summed E-state index contributed by atoms with van der Waals surface area (Å²) < 4.78 is 19.5. The maximum Gasteiger partial charge on any atom is 0.410 e. The summed E-state index contributed by atoms with van der Waals surface area (Å²) in [6.07, 6.45) is 18.6. The van der Waals surface area contributed by atoms with E-state index in [1.807, 2.05) is 4.90 Å². The lowest BCUT2D eigenvalue weighted by Crippen LogP contribution is -2.55. The van der Waals surface area contributed by atoms with Crippen LogP contribution in [0.4, 0.5) is 9.59 Å². The molecule has 0 bridgehead atoms. The number of carbonyl (C=O) groups is 2. The molecule has 2 spiro atoms. The number of carbonyl (C=O) groups excluding carboxylic acids is 2. The molecule has 0 aromatic rings. The van der Waals surface area contributed by atoms with E-state index in [2.05, 4.69) is 55.1 Å². The number of piperazine rings is 1. The molecule has 10 heteroatoms. The van der Waals surface area contributed by atoms with Crippen LogP contribution < -0.4 is 10.6 Å². The largest absolute Gasteiger partial charge is 0.446 e. The average Bonchev–Trinajstić information content (AvgIpc) is 3.66. The minimum absolute atomic E-state index is 0. The Bertz CT molecular complexity index is 1430. The van der Waals surface area contributed by atoms with Gasteiger partial charge in [-0.25, -0.2) is 9.59 Å². The number of alkyl carbamates (subject to hydrolysis) is 1. The zero-order valence-corrected chi connectivity index (χ0v) is 35.8. The summed E-state index contributed by atoms with van der Waals surface area (Å²) >= 11 is 0. The van der Waals surface area contributed by atoms with E-state index in [1.54, 1.807) is 0 Å². The summed E-state index contributed by atoms with van der Waals surface area (Å²) in [4.78, 5) is 33.0. The maximum absolute atomic E-state index is 13.2. The second kappa shape index (κ2) is 15.4. The van der Waals surface area contributed by atoms with E-state index in [1.165, 1.54) is 103 Å². The molecule has 0 radical (unpaired) electrons. The molecule has 4 saturated heterocycles. The average molecular weight is 782 g/mol. The Balaban J connectivity index is 0.000000859. The summed E-state index contributed by atoms with van der Waals surface area (Å²) in [5, 5.41) is 6.25. The molecule has 56 heavy (non-hydrogen) atoms. The molecule has 2 amide bonds. The van der Waals surface area contributed by atoms with Gasteiger partial charge in [0.25, 0.3) is 0 Å². The number of likely N-dealkylation sites (tertiary alicyclic amines) is 1. The summed E-state index contributed by atoms with van der Waals surface area (Å²) in [5.41, 5.74) is 1.22. The van der Waals surface area contributed by atoms with Crippen molar-refractivity contribution in [2.45, 2.75) is 161 Å². The van der Waals surface area contributed by atoms with Gasteiger partial charge in [0.15, 0.2) is 0 Å². The number of nitrogens with one attached hydrogen (secondary N) is 2. The first kappa shape index (κ1) is 39.8. The van der Waals surface area contributed by atoms with Gasteiger partial charge in [-0.3, -0.25) is 9.80 Å². The van der Waals surface area contributed by atoms with Crippen LogP contribution in [0.5, 0.6) is 0 Å².